The molecule has 0 aliphatic carbocycles. The molecule has 0 bridgehead atoms. The molecule has 0 saturated heterocycles. The molecule has 0 aliphatic heterocycles. The Kier molecular flexibility index (Phi) is 4.45. The second kappa shape index (κ2) is 6.85. The lowest BCUT2D eigenvalue weighted by Gasteiger charge is -2.08. The fraction of sp³-hybridized carbons (Fsp3) is 0.125. The molecular weight excluding hydrogens is 312 g/mol. The Morgan fingerprint density at radius 1 is 1.39 bits per heavy atom. The van der Waals surface area contributed by atoms with E-state index in [1.807, 2.05) is 17.5 Å². The van der Waals surface area contributed by atoms with Crippen LogP contribution in [0, 0.1) is 11.3 Å². The molecule has 0 atom stereocenters. The zero-order valence-electron chi connectivity index (χ0n) is 12.0. The number of carbonyl (C=O) groups excluding carboxylic acids is 1. The highest BCUT2D eigenvalue weighted by atomic mass is 32.1. The minimum absolute atomic E-state index is 0.169. The van der Waals surface area contributed by atoms with E-state index in [-0.39, 0.29) is 6.61 Å². The van der Waals surface area contributed by atoms with E-state index in [0.29, 0.717) is 23.5 Å². The predicted octanol–water partition coefficient (Wildman–Crippen LogP) is 2.83. The average molecular weight is 324 g/mol. The smallest absolute Gasteiger partial charge is 0.339 e. The monoisotopic (exact) mass is 324 g/mol. The molecular formula is C16H12N4O2S. The minimum Gasteiger partial charge on any atom is -0.460 e. The van der Waals surface area contributed by atoms with Gasteiger partial charge in [-0.3, -0.25) is 4.98 Å². The zero-order chi connectivity index (χ0) is 16.1. The quantitative estimate of drug-likeness (QED) is 0.573. The van der Waals surface area contributed by atoms with Gasteiger partial charge in [-0.25, -0.2) is 9.78 Å². The van der Waals surface area contributed by atoms with Crippen LogP contribution < -0.4 is 5.32 Å². The Balaban J connectivity index is 1.54. The van der Waals surface area contributed by atoms with E-state index in [4.69, 9.17) is 10.00 Å². The SMILES string of the molecule is N#Cc1cccnc1NCCOC(=O)c1cnc2ccsc2c1. The maximum absolute atomic E-state index is 12.0. The summed E-state index contributed by atoms with van der Waals surface area (Å²) in [7, 11) is 0. The van der Waals surface area contributed by atoms with Gasteiger partial charge < -0.3 is 10.1 Å². The Hall–Kier alpha value is -2.98. The molecule has 0 saturated carbocycles. The van der Waals surface area contributed by atoms with Gasteiger partial charge in [-0.05, 0) is 29.6 Å². The lowest BCUT2D eigenvalue weighted by atomic mass is 10.3. The maximum atomic E-state index is 12.0. The molecule has 7 heteroatoms. The van der Waals surface area contributed by atoms with Gasteiger partial charge in [-0.2, -0.15) is 5.26 Å². The molecule has 3 heterocycles. The first kappa shape index (κ1) is 14.9. The second-order valence-corrected chi connectivity index (χ2v) is 5.55. The molecule has 0 radical (unpaired) electrons. The van der Waals surface area contributed by atoms with E-state index in [9.17, 15) is 4.79 Å². The van der Waals surface area contributed by atoms with E-state index < -0.39 is 5.97 Å². The van der Waals surface area contributed by atoms with Crippen molar-refractivity contribution in [3.05, 3.63) is 53.2 Å². The number of hydrogen-bond donors (Lipinski definition) is 1. The van der Waals surface area contributed by atoms with Crippen LogP contribution in [0.4, 0.5) is 5.82 Å². The van der Waals surface area contributed by atoms with Crippen molar-refractivity contribution in [2.24, 2.45) is 0 Å². The van der Waals surface area contributed by atoms with Crippen LogP contribution in [0.25, 0.3) is 10.2 Å². The number of esters is 1. The van der Waals surface area contributed by atoms with E-state index in [1.165, 1.54) is 17.5 Å². The fourth-order valence-electron chi connectivity index (χ4n) is 1.99. The molecule has 0 aromatic carbocycles. The van der Waals surface area contributed by atoms with Crippen LogP contribution in [0.15, 0.2) is 42.0 Å². The van der Waals surface area contributed by atoms with Gasteiger partial charge in [0.05, 0.1) is 27.9 Å². The highest BCUT2D eigenvalue weighted by Crippen LogP contribution is 2.19. The molecule has 23 heavy (non-hydrogen) atoms. The predicted molar refractivity (Wildman–Crippen MR) is 87.3 cm³/mol. The van der Waals surface area contributed by atoms with Gasteiger partial charge in [-0.1, -0.05) is 0 Å². The number of carbonyl (C=O) groups is 1. The molecule has 0 fully saturated rings. The number of pyridine rings is 2. The number of nitrogens with zero attached hydrogens (tertiary/aromatic N) is 3. The Labute approximate surface area is 136 Å². The molecule has 1 N–H and O–H groups in total. The summed E-state index contributed by atoms with van der Waals surface area (Å²) in [6.45, 7) is 0.537. The summed E-state index contributed by atoms with van der Waals surface area (Å²) in [5.41, 5.74) is 1.74. The number of hydrogen-bond acceptors (Lipinski definition) is 7. The van der Waals surface area contributed by atoms with E-state index in [2.05, 4.69) is 15.3 Å². The van der Waals surface area contributed by atoms with Gasteiger partial charge in [0, 0.05) is 12.4 Å². The molecule has 0 amide bonds. The zero-order valence-corrected chi connectivity index (χ0v) is 12.8. The van der Waals surface area contributed by atoms with Gasteiger partial charge in [0.15, 0.2) is 0 Å². The van der Waals surface area contributed by atoms with E-state index in [0.717, 1.165) is 10.2 Å². The third-order valence-corrected chi connectivity index (χ3v) is 3.95. The molecule has 114 valence electrons. The summed E-state index contributed by atoms with van der Waals surface area (Å²) in [4.78, 5) is 20.3. The van der Waals surface area contributed by atoms with Gasteiger partial charge in [-0.15, -0.1) is 11.3 Å². The Bertz CT molecular complexity index is 885. The normalized spacial score (nSPS) is 10.2. The minimum atomic E-state index is -0.420. The highest BCUT2D eigenvalue weighted by molar-refractivity contribution is 7.17. The van der Waals surface area contributed by atoms with Gasteiger partial charge in [0.2, 0.25) is 0 Å². The number of fused-ring (bicyclic) bond motifs is 1. The number of thiophene rings is 1. The Morgan fingerprint density at radius 2 is 2.30 bits per heavy atom. The van der Waals surface area contributed by atoms with Crippen molar-refractivity contribution >= 4 is 33.3 Å². The molecule has 3 aromatic rings. The summed E-state index contributed by atoms with van der Waals surface area (Å²) in [5, 5.41) is 13.9. The van der Waals surface area contributed by atoms with Crippen molar-refractivity contribution in [3.8, 4) is 6.07 Å². The van der Waals surface area contributed by atoms with Crippen LogP contribution in [-0.4, -0.2) is 29.1 Å². The first-order chi connectivity index (χ1) is 11.3. The van der Waals surface area contributed by atoms with Gasteiger partial charge >= 0.3 is 5.97 Å². The summed E-state index contributed by atoms with van der Waals surface area (Å²) in [6.07, 6.45) is 3.11. The fourth-order valence-corrected chi connectivity index (χ4v) is 2.77. The largest absolute Gasteiger partial charge is 0.460 e. The third kappa shape index (κ3) is 3.44. The third-order valence-electron chi connectivity index (χ3n) is 3.09. The Morgan fingerprint density at radius 3 is 3.17 bits per heavy atom. The van der Waals surface area contributed by atoms with E-state index >= 15 is 0 Å². The first-order valence-corrected chi connectivity index (χ1v) is 7.75. The molecule has 3 aromatic heterocycles. The van der Waals surface area contributed by atoms with Crippen molar-refractivity contribution in [2.45, 2.75) is 0 Å². The molecule has 0 unspecified atom stereocenters. The molecule has 0 aliphatic rings. The molecule has 3 rings (SSSR count). The number of anilines is 1. The number of ether oxygens (including phenoxy) is 1. The number of rotatable bonds is 5. The summed E-state index contributed by atoms with van der Waals surface area (Å²) < 4.78 is 6.15. The second-order valence-electron chi connectivity index (χ2n) is 4.60. The number of aromatic nitrogens is 2. The van der Waals surface area contributed by atoms with E-state index in [1.54, 1.807) is 24.4 Å². The molecule has 6 nitrogen and oxygen atoms in total. The average Bonchev–Trinajstić information content (AvgIpc) is 3.06. The van der Waals surface area contributed by atoms with Gasteiger partial charge in [0.25, 0.3) is 0 Å². The van der Waals surface area contributed by atoms with Crippen molar-refractivity contribution in [3.63, 3.8) is 0 Å². The summed E-state index contributed by atoms with van der Waals surface area (Å²) >= 11 is 1.53. The van der Waals surface area contributed by atoms with Crippen LogP contribution >= 0.6 is 11.3 Å². The number of nitriles is 1. The van der Waals surface area contributed by atoms with Crippen molar-refractivity contribution in [1.29, 1.82) is 5.26 Å². The lowest BCUT2D eigenvalue weighted by molar-refractivity contribution is 0.0520. The van der Waals surface area contributed by atoms with Crippen molar-refractivity contribution in [1.82, 2.24) is 9.97 Å². The van der Waals surface area contributed by atoms with Crippen molar-refractivity contribution < 1.29 is 9.53 Å². The standard InChI is InChI=1S/C16H12N4O2S/c17-9-11-2-1-4-18-15(11)19-5-6-22-16(21)12-8-14-13(20-10-12)3-7-23-14/h1-4,7-8,10H,5-6H2,(H,18,19). The molecule has 0 spiro atoms. The van der Waals surface area contributed by atoms with Gasteiger partial charge in [0.1, 0.15) is 18.5 Å². The van der Waals surface area contributed by atoms with Crippen LogP contribution in [0.1, 0.15) is 15.9 Å². The first-order valence-electron chi connectivity index (χ1n) is 6.87. The summed E-state index contributed by atoms with van der Waals surface area (Å²) in [5.74, 6) is 0.0591. The van der Waals surface area contributed by atoms with Crippen LogP contribution in [0.5, 0.6) is 0 Å². The summed E-state index contributed by atoms with van der Waals surface area (Å²) in [6, 6.07) is 9.08. The lowest BCUT2D eigenvalue weighted by Crippen LogP contribution is -2.15. The maximum Gasteiger partial charge on any atom is 0.339 e. The highest BCUT2D eigenvalue weighted by Gasteiger charge is 2.09. The van der Waals surface area contributed by atoms with Crippen LogP contribution in [0.2, 0.25) is 0 Å². The van der Waals surface area contributed by atoms with Crippen LogP contribution in [-0.2, 0) is 4.74 Å². The number of nitrogens with one attached hydrogen (secondary N) is 1. The topological polar surface area (TPSA) is 87.9 Å². The van der Waals surface area contributed by atoms with Crippen LogP contribution in [0.3, 0.4) is 0 Å². The van der Waals surface area contributed by atoms with Crippen molar-refractivity contribution in [2.75, 3.05) is 18.5 Å².